The number of piperidine rings is 1. The maximum absolute atomic E-state index is 13.0. The molecular formula is C26H34N2O4. The molecule has 1 saturated carbocycles. The summed E-state index contributed by atoms with van der Waals surface area (Å²) in [6.45, 7) is 2.95. The molecule has 172 valence electrons. The van der Waals surface area contributed by atoms with Crippen molar-refractivity contribution in [2.24, 2.45) is 5.92 Å². The summed E-state index contributed by atoms with van der Waals surface area (Å²) in [5, 5.41) is 14.5. The zero-order valence-electron chi connectivity index (χ0n) is 19.3. The average molecular weight is 439 g/mol. The summed E-state index contributed by atoms with van der Waals surface area (Å²) >= 11 is 0. The van der Waals surface area contributed by atoms with E-state index in [0.717, 1.165) is 54.0 Å². The van der Waals surface area contributed by atoms with Crippen molar-refractivity contribution >= 4 is 11.6 Å². The highest BCUT2D eigenvalue weighted by atomic mass is 16.5. The number of nitrogens with zero attached hydrogens (tertiary/aromatic N) is 1. The summed E-state index contributed by atoms with van der Waals surface area (Å²) in [6, 6.07) is 13.6. The molecule has 0 radical (unpaired) electrons. The highest BCUT2D eigenvalue weighted by Crippen LogP contribution is 2.51. The van der Waals surface area contributed by atoms with Crippen molar-refractivity contribution in [2.75, 3.05) is 32.6 Å². The number of hydrogen-bond donors (Lipinski definition) is 2. The van der Waals surface area contributed by atoms with Crippen LogP contribution in [0.3, 0.4) is 0 Å². The Balaban J connectivity index is 1.63. The third kappa shape index (κ3) is 4.62. The van der Waals surface area contributed by atoms with Crippen LogP contribution in [0.1, 0.15) is 49.3 Å². The Morgan fingerprint density at radius 2 is 1.91 bits per heavy atom. The molecule has 1 amide bonds. The van der Waals surface area contributed by atoms with Crippen LogP contribution < -0.4 is 14.8 Å². The van der Waals surface area contributed by atoms with Gasteiger partial charge in [-0.15, -0.1) is 0 Å². The molecular weight excluding hydrogens is 404 g/mol. The molecule has 4 rings (SSSR count). The number of carbonyl (C=O) groups excluding carboxylic acids is 1. The van der Waals surface area contributed by atoms with Gasteiger partial charge in [0, 0.05) is 35.8 Å². The molecule has 1 aliphatic carbocycles. The first-order chi connectivity index (χ1) is 15.4. The van der Waals surface area contributed by atoms with Gasteiger partial charge in [-0.1, -0.05) is 36.6 Å². The third-order valence-electron chi connectivity index (χ3n) is 7.11. The zero-order valence-corrected chi connectivity index (χ0v) is 19.3. The fourth-order valence-electron chi connectivity index (χ4n) is 5.42. The second-order valence-electron chi connectivity index (χ2n) is 9.14. The SMILES string of the molecule is COc1ccc([C@@H]2[C@@H]3CCCC[C@]3(O)CCN2CC(=O)Nc2ccc(C)cc2)c(OC)c1. The molecule has 3 atom stereocenters. The van der Waals surface area contributed by atoms with Gasteiger partial charge >= 0.3 is 0 Å². The van der Waals surface area contributed by atoms with E-state index >= 15 is 0 Å². The molecule has 1 saturated heterocycles. The minimum atomic E-state index is -0.697. The van der Waals surface area contributed by atoms with E-state index in [0.29, 0.717) is 13.0 Å². The second kappa shape index (κ2) is 9.51. The first-order valence-electron chi connectivity index (χ1n) is 11.5. The molecule has 2 aliphatic rings. The quantitative estimate of drug-likeness (QED) is 0.703. The number of methoxy groups -OCH3 is 2. The molecule has 2 fully saturated rings. The van der Waals surface area contributed by atoms with Crippen LogP contribution in [0.4, 0.5) is 5.69 Å². The lowest BCUT2D eigenvalue weighted by Crippen LogP contribution is -2.56. The van der Waals surface area contributed by atoms with Crippen LogP contribution >= 0.6 is 0 Å². The van der Waals surface area contributed by atoms with Crippen LogP contribution in [0.25, 0.3) is 0 Å². The van der Waals surface area contributed by atoms with Gasteiger partial charge in [0.2, 0.25) is 5.91 Å². The molecule has 2 aromatic carbocycles. The van der Waals surface area contributed by atoms with Crippen LogP contribution in [0.2, 0.25) is 0 Å². The van der Waals surface area contributed by atoms with Gasteiger partial charge in [0.1, 0.15) is 11.5 Å². The number of nitrogens with one attached hydrogen (secondary N) is 1. The van der Waals surface area contributed by atoms with Crippen molar-refractivity contribution in [2.45, 2.75) is 50.7 Å². The number of aliphatic hydroxyl groups is 1. The topological polar surface area (TPSA) is 71.0 Å². The predicted octanol–water partition coefficient (Wildman–Crippen LogP) is 4.32. The van der Waals surface area contributed by atoms with Gasteiger partial charge < -0.3 is 19.9 Å². The van der Waals surface area contributed by atoms with Crippen molar-refractivity contribution < 1.29 is 19.4 Å². The van der Waals surface area contributed by atoms with Gasteiger partial charge in [-0.05, 0) is 44.4 Å². The number of aryl methyl sites for hydroxylation is 1. The Kier molecular flexibility index (Phi) is 6.72. The van der Waals surface area contributed by atoms with Crippen LogP contribution in [-0.2, 0) is 4.79 Å². The Morgan fingerprint density at radius 3 is 2.62 bits per heavy atom. The fourth-order valence-corrected chi connectivity index (χ4v) is 5.42. The van der Waals surface area contributed by atoms with E-state index in [-0.39, 0.29) is 24.4 Å². The van der Waals surface area contributed by atoms with Crippen LogP contribution in [0.15, 0.2) is 42.5 Å². The zero-order chi connectivity index (χ0) is 22.7. The monoisotopic (exact) mass is 438 g/mol. The number of benzene rings is 2. The van der Waals surface area contributed by atoms with Crippen molar-refractivity contribution in [3.05, 3.63) is 53.6 Å². The van der Waals surface area contributed by atoms with E-state index in [9.17, 15) is 9.90 Å². The smallest absolute Gasteiger partial charge is 0.238 e. The van der Waals surface area contributed by atoms with Crippen molar-refractivity contribution in [1.82, 2.24) is 4.90 Å². The van der Waals surface area contributed by atoms with Crippen LogP contribution in [-0.4, -0.2) is 48.8 Å². The number of fused-ring (bicyclic) bond motifs is 1. The maximum Gasteiger partial charge on any atom is 0.238 e. The van der Waals surface area contributed by atoms with Crippen molar-refractivity contribution in [3.8, 4) is 11.5 Å². The van der Waals surface area contributed by atoms with E-state index in [1.165, 1.54) is 0 Å². The van der Waals surface area contributed by atoms with E-state index in [1.54, 1.807) is 14.2 Å². The Labute approximate surface area is 190 Å². The maximum atomic E-state index is 13.0. The summed E-state index contributed by atoms with van der Waals surface area (Å²) in [7, 11) is 3.29. The summed E-state index contributed by atoms with van der Waals surface area (Å²) in [5.41, 5.74) is 2.26. The first kappa shape index (κ1) is 22.6. The van der Waals surface area contributed by atoms with E-state index in [1.807, 2.05) is 49.4 Å². The highest BCUT2D eigenvalue weighted by molar-refractivity contribution is 5.92. The molecule has 2 N–H and O–H groups in total. The van der Waals surface area contributed by atoms with Gasteiger partial charge in [0.05, 0.1) is 26.4 Å². The normalized spacial score (nSPS) is 25.6. The molecule has 1 aliphatic heterocycles. The standard InChI is InChI=1S/C26H34N2O4/c1-18-7-9-19(10-8-18)27-24(29)17-28-15-14-26(30)13-5-4-6-22(26)25(28)21-12-11-20(31-2)16-23(21)32-3/h7-12,16,22,25,30H,4-6,13-15,17H2,1-3H3,(H,27,29)/t22-,25+,26-/m0/s1. The minimum absolute atomic E-state index is 0.0485. The average Bonchev–Trinajstić information content (AvgIpc) is 2.80. The number of amides is 1. The van der Waals surface area contributed by atoms with Gasteiger partial charge in [0.15, 0.2) is 0 Å². The third-order valence-corrected chi connectivity index (χ3v) is 7.11. The number of likely N-dealkylation sites (tertiary alicyclic amines) is 1. The van der Waals surface area contributed by atoms with Crippen LogP contribution in [0, 0.1) is 12.8 Å². The predicted molar refractivity (Wildman–Crippen MR) is 125 cm³/mol. The number of hydrogen-bond acceptors (Lipinski definition) is 5. The Morgan fingerprint density at radius 1 is 1.12 bits per heavy atom. The van der Waals surface area contributed by atoms with E-state index in [4.69, 9.17) is 9.47 Å². The molecule has 6 nitrogen and oxygen atoms in total. The molecule has 2 aromatic rings. The van der Waals surface area contributed by atoms with E-state index < -0.39 is 5.60 Å². The number of ether oxygens (including phenoxy) is 2. The molecule has 6 heteroatoms. The molecule has 0 unspecified atom stereocenters. The highest BCUT2D eigenvalue weighted by Gasteiger charge is 2.49. The summed E-state index contributed by atoms with van der Waals surface area (Å²) in [4.78, 5) is 15.2. The lowest BCUT2D eigenvalue weighted by atomic mass is 9.66. The fraction of sp³-hybridized carbons (Fsp3) is 0.500. The molecule has 0 spiro atoms. The molecule has 32 heavy (non-hydrogen) atoms. The van der Waals surface area contributed by atoms with Crippen molar-refractivity contribution in [3.63, 3.8) is 0 Å². The van der Waals surface area contributed by atoms with Gasteiger partial charge in [-0.3, -0.25) is 9.69 Å². The minimum Gasteiger partial charge on any atom is -0.497 e. The lowest BCUT2D eigenvalue weighted by molar-refractivity contribution is -0.135. The summed E-state index contributed by atoms with van der Waals surface area (Å²) < 4.78 is 11.1. The van der Waals surface area contributed by atoms with Gasteiger partial charge in [-0.25, -0.2) is 0 Å². The first-order valence-corrected chi connectivity index (χ1v) is 11.5. The summed E-state index contributed by atoms with van der Waals surface area (Å²) in [6.07, 6.45) is 4.58. The molecule has 1 heterocycles. The number of rotatable bonds is 6. The van der Waals surface area contributed by atoms with E-state index in [2.05, 4.69) is 10.2 Å². The second-order valence-corrected chi connectivity index (χ2v) is 9.14. The molecule has 0 bridgehead atoms. The van der Waals surface area contributed by atoms with Gasteiger partial charge in [-0.2, -0.15) is 0 Å². The van der Waals surface area contributed by atoms with Crippen LogP contribution in [0.5, 0.6) is 11.5 Å². The molecule has 0 aromatic heterocycles. The summed E-state index contributed by atoms with van der Waals surface area (Å²) in [5.74, 6) is 1.46. The number of anilines is 1. The Bertz CT molecular complexity index is 945. The lowest BCUT2D eigenvalue weighted by Gasteiger charge is -2.52. The van der Waals surface area contributed by atoms with Crippen molar-refractivity contribution in [1.29, 1.82) is 0 Å². The largest absolute Gasteiger partial charge is 0.497 e. The van der Waals surface area contributed by atoms with Gasteiger partial charge in [0.25, 0.3) is 0 Å². The Hall–Kier alpha value is -2.57. The number of carbonyl (C=O) groups is 1.